The maximum atomic E-state index is 13.6. The number of rotatable bonds is 7. The zero-order valence-corrected chi connectivity index (χ0v) is 20.5. The summed E-state index contributed by atoms with van der Waals surface area (Å²) in [5.41, 5.74) is 1.64. The van der Waals surface area contributed by atoms with E-state index in [0.29, 0.717) is 49.9 Å². The molecule has 2 saturated heterocycles. The highest BCUT2D eigenvalue weighted by atomic mass is 16.5. The molecule has 0 radical (unpaired) electrons. The van der Waals surface area contributed by atoms with E-state index in [0.717, 1.165) is 37.0 Å². The molecule has 188 valence electrons. The van der Waals surface area contributed by atoms with Crippen LogP contribution in [0.5, 0.6) is 17.2 Å². The smallest absolute Gasteiger partial charge is 0.260 e. The minimum absolute atomic E-state index is 0.00368. The van der Waals surface area contributed by atoms with E-state index in [4.69, 9.17) is 18.9 Å². The van der Waals surface area contributed by atoms with Crippen LogP contribution in [0.3, 0.4) is 0 Å². The summed E-state index contributed by atoms with van der Waals surface area (Å²) < 4.78 is 21.9. The third-order valence-corrected chi connectivity index (χ3v) is 6.64. The van der Waals surface area contributed by atoms with Gasteiger partial charge in [0.15, 0.2) is 18.1 Å². The predicted octanol–water partition coefficient (Wildman–Crippen LogP) is 3.70. The number of morpholine rings is 1. The molecule has 8 nitrogen and oxygen atoms in total. The number of hydrogen-bond donors (Lipinski definition) is 0. The van der Waals surface area contributed by atoms with Gasteiger partial charge in [0.05, 0.1) is 33.5 Å². The Bertz CT molecular complexity index is 1000. The number of amides is 2. The lowest BCUT2D eigenvalue weighted by Crippen LogP contribution is -2.43. The Hall–Kier alpha value is -3.26. The standard InChI is InChI=1S/C27H34N2O6/c1-32-22-10-7-20(8-11-22)23-6-4-3-5-13-29(23)27(31)21-9-12-24(25(18-21)33-2)35-19-26(30)28-14-16-34-17-15-28/h7-12,18,23H,3-6,13-17,19H2,1-2H3. The lowest BCUT2D eigenvalue weighted by Gasteiger charge is -2.31. The summed E-state index contributed by atoms with van der Waals surface area (Å²) in [6.45, 7) is 2.83. The van der Waals surface area contributed by atoms with Crippen molar-refractivity contribution in [2.45, 2.75) is 31.7 Å². The maximum Gasteiger partial charge on any atom is 0.260 e. The maximum absolute atomic E-state index is 13.6. The highest BCUT2D eigenvalue weighted by Crippen LogP contribution is 2.34. The SMILES string of the molecule is COc1ccc(C2CCCCCN2C(=O)c2ccc(OCC(=O)N3CCOCC3)c(OC)c2)cc1. The summed E-state index contributed by atoms with van der Waals surface area (Å²) in [4.78, 5) is 29.8. The van der Waals surface area contributed by atoms with E-state index in [1.165, 1.54) is 7.11 Å². The van der Waals surface area contributed by atoms with Gasteiger partial charge >= 0.3 is 0 Å². The molecule has 0 aliphatic carbocycles. The molecular formula is C27H34N2O6. The van der Waals surface area contributed by atoms with Gasteiger partial charge in [-0.2, -0.15) is 0 Å². The monoisotopic (exact) mass is 482 g/mol. The highest BCUT2D eigenvalue weighted by molar-refractivity contribution is 5.95. The van der Waals surface area contributed by atoms with Gasteiger partial charge in [-0.15, -0.1) is 0 Å². The predicted molar refractivity (Wildman–Crippen MR) is 131 cm³/mol. The molecule has 0 saturated carbocycles. The van der Waals surface area contributed by atoms with Crippen molar-refractivity contribution in [2.75, 3.05) is 53.7 Å². The van der Waals surface area contributed by atoms with Crippen LogP contribution in [-0.2, 0) is 9.53 Å². The van der Waals surface area contributed by atoms with Gasteiger partial charge in [0.2, 0.25) is 0 Å². The minimum atomic E-state index is -0.0950. The number of benzene rings is 2. The number of likely N-dealkylation sites (tertiary alicyclic amines) is 1. The van der Waals surface area contributed by atoms with Crippen LogP contribution in [-0.4, -0.2) is 75.3 Å². The molecule has 2 amide bonds. The summed E-state index contributed by atoms with van der Waals surface area (Å²) in [7, 11) is 3.18. The normalized spacial score (nSPS) is 18.5. The average molecular weight is 483 g/mol. The van der Waals surface area contributed by atoms with Gasteiger partial charge in [0.1, 0.15) is 5.75 Å². The van der Waals surface area contributed by atoms with Gasteiger partial charge < -0.3 is 28.7 Å². The molecule has 8 heteroatoms. The molecule has 2 aliphatic rings. The van der Waals surface area contributed by atoms with Crippen molar-refractivity contribution in [1.29, 1.82) is 0 Å². The molecule has 2 fully saturated rings. The first-order chi connectivity index (χ1) is 17.1. The average Bonchev–Trinajstić information content (AvgIpc) is 3.18. The van der Waals surface area contributed by atoms with Gasteiger partial charge in [-0.05, 0) is 48.7 Å². The first-order valence-electron chi connectivity index (χ1n) is 12.2. The number of hydrogen-bond acceptors (Lipinski definition) is 6. The molecule has 2 aromatic rings. The van der Waals surface area contributed by atoms with E-state index < -0.39 is 0 Å². The molecule has 35 heavy (non-hydrogen) atoms. The lowest BCUT2D eigenvalue weighted by atomic mass is 10.00. The van der Waals surface area contributed by atoms with Crippen molar-refractivity contribution in [3.8, 4) is 17.2 Å². The molecule has 0 bridgehead atoms. The van der Waals surface area contributed by atoms with Gasteiger partial charge in [-0.3, -0.25) is 9.59 Å². The Morgan fingerprint density at radius 2 is 1.69 bits per heavy atom. The summed E-state index contributed by atoms with van der Waals surface area (Å²) in [5, 5.41) is 0. The van der Waals surface area contributed by atoms with E-state index in [-0.39, 0.29) is 24.5 Å². The van der Waals surface area contributed by atoms with Crippen molar-refractivity contribution in [2.24, 2.45) is 0 Å². The van der Waals surface area contributed by atoms with Crippen LogP contribution in [0.25, 0.3) is 0 Å². The van der Waals surface area contributed by atoms with E-state index in [9.17, 15) is 9.59 Å². The minimum Gasteiger partial charge on any atom is -0.497 e. The molecule has 4 rings (SSSR count). The Morgan fingerprint density at radius 3 is 2.40 bits per heavy atom. The van der Waals surface area contributed by atoms with Crippen molar-refractivity contribution in [3.05, 3.63) is 53.6 Å². The molecule has 2 aromatic carbocycles. The van der Waals surface area contributed by atoms with Crippen LogP contribution in [0.2, 0.25) is 0 Å². The number of nitrogens with zero attached hydrogens (tertiary/aromatic N) is 2. The van der Waals surface area contributed by atoms with Crippen LogP contribution in [0.1, 0.15) is 47.6 Å². The van der Waals surface area contributed by atoms with Crippen molar-refractivity contribution < 1.29 is 28.5 Å². The van der Waals surface area contributed by atoms with Crippen LogP contribution >= 0.6 is 0 Å². The quantitative estimate of drug-likeness (QED) is 0.599. The molecule has 1 atom stereocenters. The molecule has 0 aromatic heterocycles. The first kappa shape index (κ1) is 24.9. The fourth-order valence-corrected chi connectivity index (χ4v) is 4.65. The zero-order chi connectivity index (χ0) is 24.6. The summed E-state index contributed by atoms with van der Waals surface area (Å²) >= 11 is 0. The number of ether oxygens (including phenoxy) is 4. The second-order valence-electron chi connectivity index (χ2n) is 8.78. The number of carbonyl (C=O) groups is 2. The van der Waals surface area contributed by atoms with Gasteiger partial charge in [0, 0.05) is 25.2 Å². The van der Waals surface area contributed by atoms with Gasteiger partial charge in [-0.25, -0.2) is 0 Å². The van der Waals surface area contributed by atoms with Crippen molar-refractivity contribution in [3.63, 3.8) is 0 Å². The van der Waals surface area contributed by atoms with Gasteiger partial charge in [-0.1, -0.05) is 25.0 Å². The van der Waals surface area contributed by atoms with Crippen LogP contribution in [0, 0.1) is 0 Å². The summed E-state index contributed by atoms with van der Waals surface area (Å²) in [6, 6.07) is 13.1. The molecule has 1 unspecified atom stereocenters. The Morgan fingerprint density at radius 1 is 0.914 bits per heavy atom. The molecular weight excluding hydrogens is 448 g/mol. The highest BCUT2D eigenvalue weighted by Gasteiger charge is 2.28. The van der Waals surface area contributed by atoms with E-state index in [1.54, 1.807) is 30.2 Å². The zero-order valence-electron chi connectivity index (χ0n) is 20.5. The first-order valence-corrected chi connectivity index (χ1v) is 12.2. The van der Waals surface area contributed by atoms with Gasteiger partial charge in [0.25, 0.3) is 11.8 Å². The second-order valence-corrected chi connectivity index (χ2v) is 8.78. The van der Waals surface area contributed by atoms with Crippen LogP contribution in [0.4, 0.5) is 0 Å². The summed E-state index contributed by atoms with van der Waals surface area (Å²) in [5.74, 6) is 1.53. The fourth-order valence-electron chi connectivity index (χ4n) is 4.65. The summed E-state index contributed by atoms with van der Waals surface area (Å²) in [6.07, 6.45) is 4.07. The van der Waals surface area contributed by atoms with Crippen LogP contribution in [0.15, 0.2) is 42.5 Å². The van der Waals surface area contributed by atoms with Crippen molar-refractivity contribution in [1.82, 2.24) is 9.80 Å². The fraction of sp³-hybridized carbons (Fsp3) is 0.481. The molecule has 2 heterocycles. The number of methoxy groups -OCH3 is 2. The molecule has 2 aliphatic heterocycles. The van der Waals surface area contributed by atoms with E-state index >= 15 is 0 Å². The third-order valence-electron chi connectivity index (χ3n) is 6.64. The number of carbonyl (C=O) groups excluding carboxylic acids is 2. The van der Waals surface area contributed by atoms with E-state index in [1.807, 2.05) is 29.2 Å². The second kappa shape index (κ2) is 11.9. The molecule has 0 N–H and O–H groups in total. The largest absolute Gasteiger partial charge is 0.497 e. The topological polar surface area (TPSA) is 77.5 Å². The Kier molecular flexibility index (Phi) is 8.47. The third kappa shape index (κ3) is 6.06. The Balaban J connectivity index is 1.49. The van der Waals surface area contributed by atoms with Crippen LogP contribution < -0.4 is 14.2 Å². The molecule has 0 spiro atoms. The lowest BCUT2D eigenvalue weighted by molar-refractivity contribution is -0.137. The van der Waals surface area contributed by atoms with E-state index in [2.05, 4.69) is 0 Å². The van der Waals surface area contributed by atoms with Crippen molar-refractivity contribution >= 4 is 11.8 Å². The Labute approximate surface area is 206 Å².